The Labute approximate surface area is 117 Å². The number of nitrogens with one attached hydrogen (secondary N) is 1. The molecule has 0 aromatic rings. The molecule has 112 valence electrons. The molecular formula is C12H20ClF3N2O. The molecule has 0 spiro atoms. The number of carbonyl (C=O) groups is 1. The first kappa shape index (κ1) is 16.6. The zero-order valence-corrected chi connectivity index (χ0v) is 11.5. The molecule has 19 heavy (non-hydrogen) atoms. The zero-order valence-electron chi connectivity index (χ0n) is 10.7. The summed E-state index contributed by atoms with van der Waals surface area (Å²) in [5.41, 5.74) is 0. The van der Waals surface area contributed by atoms with Crippen molar-refractivity contribution in [3.05, 3.63) is 0 Å². The molecule has 2 aliphatic rings. The molecule has 3 nitrogen and oxygen atoms in total. The van der Waals surface area contributed by atoms with Gasteiger partial charge in [0.2, 0.25) is 5.91 Å². The second-order valence-corrected chi connectivity index (χ2v) is 5.22. The second-order valence-electron chi connectivity index (χ2n) is 5.22. The maximum absolute atomic E-state index is 12.6. The van der Waals surface area contributed by atoms with Gasteiger partial charge in [0.1, 0.15) is 0 Å². The summed E-state index contributed by atoms with van der Waals surface area (Å²) >= 11 is 0. The van der Waals surface area contributed by atoms with E-state index >= 15 is 0 Å². The van der Waals surface area contributed by atoms with Crippen LogP contribution in [-0.2, 0) is 4.79 Å². The molecule has 2 aliphatic heterocycles. The van der Waals surface area contributed by atoms with E-state index in [1.54, 1.807) is 0 Å². The highest BCUT2D eigenvalue weighted by molar-refractivity contribution is 5.85. The van der Waals surface area contributed by atoms with E-state index in [9.17, 15) is 18.0 Å². The number of carbonyl (C=O) groups excluding carboxylic acids is 1. The minimum absolute atomic E-state index is 0. The predicted octanol–water partition coefficient (Wildman–Crippen LogP) is 2.35. The van der Waals surface area contributed by atoms with E-state index < -0.39 is 12.1 Å². The molecule has 0 saturated carbocycles. The maximum Gasteiger partial charge on any atom is 0.393 e. The Bertz CT molecular complexity index is 306. The Morgan fingerprint density at radius 1 is 1.26 bits per heavy atom. The van der Waals surface area contributed by atoms with Crippen molar-refractivity contribution in [1.82, 2.24) is 10.2 Å². The van der Waals surface area contributed by atoms with Crippen molar-refractivity contribution in [2.24, 2.45) is 5.92 Å². The Kier molecular flexibility index (Phi) is 5.92. The number of nitrogens with zero attached hydrogens (tertiary/aromatic N) is 1. The van der Waals surface area contributed by atoms with Crippen LogP contribution in [0.1, 0.15) is 32.1 Å². The van der Waals surface area contributed by atoms with Crippen LogP contribution in [0.15, 0.2) is 0 Å². The summed E-state index contributed by atoms with van der Waals surface area (Å²) < 4.78 is 37.9. The van der Waals surface area contributed by atoms with Crippen LogP contribution in [0.25, 0.3) is 0 Å². The molecule has 0 aliphatic carbocycles. The van der Waals surface area contributed by atoms with Crippen LogP contribution in [-0.4, -0.2) is 42.7 Å². The van der Waals surface area contributed by atoms with Crippen molar-refractivity contribution in [2.75, 3.05) is 19.6 Å². The van der Waals surface area contributed by atoms with Crippen molar-refractivity contribution < 1.29 is 18.0 Å². The molecule has 2 saturated heterocycles. The Morgan fingerprint density at radius 3 is 2.58 bits per heavy atom. The second kappa shape index (κ2) is 6.79. The fraction of sp³-hybridized carbons (Fsp3) is 0.917. The highest BCUT2D eigenvalue weighted by Crippen LogP contribution is 2.33. The molecular weight excluding hydrogens is 281 g/mol. The maximum atomic E-state index is 12.6. The number of likely N-dealkylation sites (tertiary alicyclic amines) is 1. The lowest BCUT2D eigenvalue weighted by molar-refractivity contribution is -0.188. The van der Waals surface area contributed by atoms with Gasteiger partial charge in [0.25, 0.3) is 0 Å². The molecule has 1 amide bonds. The topological polar surface area (TPSA) is 32.3 Å². The van der Waals surface area contributed by atoms with Crippen molar-refractivity contribution in [3.8, 4) is 0 Å². The van der Waals surface area contributed by atoms with E-state index in [1.807, 2.05) is 0 Å². The van der Waals surface area contributed by atoms with E-state index in [0.29, 0.717) is 19.4 Å². The number of alkyl halides is 3. The smallest absolute Gasteiger partial charge is 0.342 e. The highest BCUT2D eigenvalue weighted by atomic mass is 35.5. The molecule has 2 heterocycles. The number of hydrogen-bond donors (Lipinski definition) is 1. The summed E-state index contributed by atoms with van der Waals surface area (Å²) in [6.45, 7) is 1.22. The van der Waals surface area contributed by atoms with Gasteiger partial charge in [0, 0.05) is 25.6 Å². The lowest BCUT2D eigenvalue weighted by atomic mass is 9.97. The van der Waals surface area contributed by atoms with E-state index in [0.717, 1.165) is 19.4 Å². The normalized spacial score (nSPS) is 28.1. The first-order chi connectivity index (χ1) is 8.47. The number of rotatable bonds is 2. The summed E-state index contributed by atoms with van der Waals surface area (Å²) in [4.78, 5) is 13.3. The average molecular weight is 301 g/mol. The number of halogens is 4. The molecule has 0 aromatic carbocycles. The standard InChI is InChI=1S/C12H19F3N2O.ClH/c13-12(14,15)9-3-2-6-17(8-9)11(18)7-10-4-1-5-16-10;/h9-10,16H,1-8H2;1H. The molecule has 2 fully saturated rings. The summed E-state index contributed by atoms with van der Waals surface area (Å²) in [5, 5.41) is 3.20. The van der Waals surface area contributed by atoms with E-state index in [1.165, 1.54) is 4.90 Å². The summed E-state index contributed by atoms with van der Waals surface area (Å²) in [6.07, 6.45) is -1.25. The molecule has 7 heteroatoms. The number of hydrogen-bond acceptors (Lipinski definition) is 2. The average Bonchev–Trinajstić information content (AvgIpc) is 2.81. The third kappa shape index (κ3) is 4.53. The van der Waals surface area contributed by atoms with Crippen LogP contribution in [0.3, 0.4) is 0 Å². The lowest BCUT2D eigenvalue weighted by Crippen LogP contribution is -2.45. The van der Waals surface area contributed by atoms with Gasteiger partial charge in [-0.1, -0.05) is 0 Å². The van der Waals surface area contributed by atoms with Gasteiger partial charge in [-0.2, -0.15) is 13.2 Å². The van der Waals surface area contributed by atoms with Crippen LogP contribution in [0, 0.1) is 5.92 Å². The minimum Gasteiger partial charge on any atom is -0.342 e. The van der Waals surface area contributed by atoms with Crippen LogP contribution >= 0.6 is 12.4 Å². The van der Waals surface area contributed by atoms with Gasteiger partial charge >= 0.3 is 6.18 Å². The van der Waals surface area contributed by atoms with Gasteiger partial charge in [-0.05, 0) is 32.2 Å². The molecule has 2 rings (SSSR count). The van der Waals surface area contributed by atoms with Crippen LogP contribution in [0.5, 0.6) is 0 Å². The quantitative estimate of drug-likeness (QED) is 0.849. The highest BCUT2D eigenvalue weighted by Gasteiger charge is 2.42. The fourth-order valence-corrected chi connectivity index (χ4v) is 2.74. The van der Waals surface area contributed by atoms with E-state index in [-0.39, 0.29) is 37.3 Å². The molecule has 0 radical (unpaired) electrons. The summed E-state index contributed by atoms with van der Waals surface area (Å²) in [7, 11) is 0. The van der Waals surface area contributed by atoms with Gasteiger partial charge in [0.15, 0.2) is 0 Å². The SMILES string of the molecule is Cl.O=C(CC1CCCN1)N1CCCC(C(F)(F)F)C1. The van der Waals surface area contributed by atoms with Gasteiger partial charge in [-0.3, -0.25) is 4.79 Å². The molecule has 0 bridgehead atoms. The summed E-state index contributed by atoms with van der Waals surface area (Å²) in [6, 6.07) is 0.156. The molecule has 2 atom stereocenters. The zero-order chi connectivity index (χ0) is 13.2. The van der Waals surface area contributed by atoms with E-state index in [2.05, 4.69) is 5.32 Å². The molecule has 2 unspecified atom stereocenters. The van der Waals surface area contributed by atoms with Gasteiger partial charge in [0.05, 0.1) is 5.92 Å². The van der Waals surface area contributed by atoms with Gasteiger partial charge < -0.3 is 10.2 Å². The van der Waals surface area contributed by atoms with Crippen molar-refractivity contribution in [3.63, 3.8) is 0 Å². The lowest BCUT2D eigenvalue weighted by Gasteiger charge is -2.34. The first-order valence-corrected chi connectivity index (χ1v) is 6.54. The fourth-order valence-electron chi connectivity index (χ4n) is 2.74. The Hall–Kier alpha value is -0.490. The van der Waals surface area contributed by atoms with E-state index in [4.69, 9.17) is 0 Å². The number of piperidine rings is 1. The van der Waals surface area contributed by atoms with Gasteiger partial charge in [-0.15, -0.1) is 12.4 Å². The van der Waals surface area contributed by atoms with Crippen molar-refractivity contribution in [1.29, 1.82) is 0 Å². The monoisotopic (exact) mass is 300 g/mol. The summed E-state index contributed by atoms with van der Waals surface area (Å²) in [5.74, 6) is -1.48. The van der Waals surface area contributed by atoms with Crippen molar-refractivity contribution in [2.45, 2.75) is 44.3 Å². The molecule has 0 aromatic heterocycles. The van der Waals surface area contributed by atoms with Crippen LogP contribution in [0.2, 0.25) is 0 Å². The minimum atomic E-state index is -4.18. The Balaban J connectivity index is 0.00000180. The van der Waals surface area contributed by atoms with Crippen LogP contribution < -0.4 is 5.32 Å². The Morgan fingerprint density at radius 2 is 2.00 bits per heavy atom. The third-order valence-electron chi connectivity index (χ3n) is 3.82. The molecule has 1 N–H and O–H groups in total. The largest absolute Gasteiger partial charge is 0.393 e. The predicted molar refractivity (Wildman–Crippen MR) is 68.2 cm³/mol. The van der Waals surface area contributed by atoms with Crippen molar-refractivity contribution >= 4 is 18.3 Å². The first-order valence-electron chi connectivity index (χ1n) is 6.54. The van der Waals surface area contributed by atoms with Crippen LogP contribution in [0.4, 0.5) is 13.2 Å². The number of amides is 1. The van der Waals surface area contributed by atoms with Gasteiger partial charge in [-0.25, -0.2) is 0 Å². The third-order valence-corrected chi connectivity index (χ3v) is 3.82.